The van der Waals surface area contributed by atoms with Crippen molar-refractivity contribution in [3.05, 3.63) is 0 Å². The van der Waals surface area contributed by atoms with E-state index in [1.807, 2.05) is 0 Å². The summed E-state index contributed by atoms with van der Waals surface area (Å²) in [6.07, 6.45) is 12.7. The molecule has 0 aromatic heterocycles. The fraction of sp³-hybridized carbons (Fsp3) is 0.941. The second-order valence-corrected chi connectivity index (χ2v) is 6.86. The van der Waals surface area contributed by atoms with Crippen molar-refractivity contribution in [2.24, 2.45) is 11.7 Å². The van der Waals surface area contributed by atoms with Gasteiger partial charge in [-0.05, 0) is 50.9 Å². The Labute approximate surface area is 124 Å². The first-order chi connectivity index (χ1) is 9.70. The number of nitrogens with two attached hydrogens (primary N) is 1. The van der Waals surface area contributed by atoms with Crippen molar-refractivity contribution in [1.29, 1.82) is 0 Å². The molecular weight excluding hydrogens is 248 g/mol. The smallest absolute Gasteiger partial charge is 0.222 e. The minimum Gasteiger partial charge on any atom is -0.340 e. The summed E-state index contributed by atoms with van der Waals surface area (Å²) in [6, 6.07) is 0.904. The molecule has 1 heterocycles. The highest BCUT2D eigenvalue weighted by atomic mass is 16.2. The van der Waals surface area contributed by atoms with E-state index in [1.54, 1.807) is 0 Å². The van der Waals surface area contributed by atoms with Crippen LogP contribution in [0.15, 0.2) is 0 Å². The highest BCUT2D eigenvalue weighted by molar-refractivity contribution is 5.76. The van der Waals surface area contributed by atoms with Crippen LogP contribution in [-0.4, -0.2) is 29.4 Å². The van der Waals surface area contributed by atoms with E-state index in [0.29, 0.717) is 23.9 Å². The van der Waals surface area contributed by atoms with Crippen molar-refractivity contribution in [3.63, 3.8) is 0 Å². The standard InChI is InChI=1S/C17H32N2O/c1-2-6-16-9-3-4-12-19(16)17(20)11-10-14-7-5-8-15(18)13-14/h14-16H,2-13,18H2,1H3. The van der Waals surface area contributed by atoms with Gasteiger partial charge in [0, 0.05) is 25.0 Å². The Hall–Kier alpha value is -0.570. The topological polar surface area (TPSA) is 46.3 Å². The molecule has 1 aliphatic carbocycles. The van der Waals surface area contributed by atoms with Crippen molar-refractivity contribution in [2.75, 3.05) is 6.54 Å². The number of hydrogen-bond donors (Lipinski definition) is 1. The number of piperidine rings is 1. The van der Waals surface area contributed by atoms with Crippen molar-refractivity contribution in [3.8, 4) is 0 Å². The Morgan fingerprint density at radius 1 is 1.15 bits per heavy atom. The first-order valence-corrected chi connectivity index (χ1v) is 8.75. The van der Waals surface area contributed by atoms with Crippen LogP contribution < -0.4 is 5.73 Å². The largest absolute Gasteiger partial charge is 0.340 e. The van der Waals surface area contributed by atoms with E-state index in [9.17, 15) is 4.79 Å². The second kappa shape index (κ2) is 8.02. The first kappa shape index (κ1) is 15.8. The molecule has 1 aliphatic heterocycles. The van der Waals surface area contributed by atoms with Crippen LogP contribution in [0.5, 0.6) is 0 Å². The quantitative estimate of drug-likeness (QED) is 0.838. The van der Waals surface area contributed by atoms with Crippen molar-refractivity contribution in [2.45, 2.75) is 89.6 Å². The summed E-state index contributed by atoms with van der Waals surface area (Å²) in [5, 5.41) is 0. The Balaban J connectivity index is 1.77. The zero-order valence-electron chi connectivity index (χ0n) is 13.2. The molecule has 1 saturated carbocycles. The van der Waals surface area contributed by atoms with Crippen molar-refractivity contribution in [1.82, 2.24) is 4.90 Å². The van der Waals surface area contributed by atoms with Gasteiger partial charge in [-0.1, -0.05) is 26.2 Å². The van der Waals surface area contributed by atoms with E-state index in [-0.39, 0.29) is 0 Å². The van der Waals surface area contributed by atoms with Gasteiger partial charge in [-0.3, -0.25) is 4.79 Å². The van der Waals surface area contributed by atoms with Crippen molar-refractivity contribution < 1.29 is 4.79 Å². The summed E-state index contributed by atoms with van der Waals surface area (Å²) in [7, 11) is 0. The van der Waals surface area contributed by atoms with Gasteiger partial charge in [0.05, 0.1) is 0 Å². The van der Waals surface area contributed by atoms with Gasteiger partial charge >= 0.3 is 0 Å². The number of carbonyl (C=O) groups is 1. The van der Waals surface area contributed by atoms with Gasteiger partial charge in [-0.2, -0.15) is 0 Å². The lowest BCUT2D eigenvalue weighted by atomic mass is 9.83. The molecular formula is C17H32N2O. The van der Waals surface area contributed by atoms with E-state index in [1.165, 1.54) is 51.4 Å². The monoisotopic (exact) mass is 280 g/mol. The molecule has 3 atom stereocenters. The molecule has 3 heteroatoms. The molecule has 0 spiro atoms. The molecule has 1 saturated heterocycles. The fourth-order valence-electron chi connectivity index (χ4n) is 4.03. The van der Waals surface area contributed by atoms with Gasteiger partial charge < -0.3 is 10.6 Å². The predicted octanol–water partition coefficient (Wildman–Crippen LogP) is 3.47. The summed E-state index contributed by atoms with van der Waals surface area (Å²) in [5.41, 5.74) is 6.04. The van der Waals surface area contributed by atoms with Gasteiger partial charge in [0.25, 0.3) is 0 Å². The Bertz CT molecular complexity index is 303. The molecule has 1 amide bonds. The van der Waals surface area contributed by atoms with Crippen LogP contribution in [0.2, 0.25) is 0 Å². The predicted molar refractivity (Wildman–Crippen MR) is 83.4 cm³/mol. The van der Waals surface area contributed by atoms with Crippen molar-refractivity contribution >= 4 is 5.91 Å². The average Bonchev–Trinajstić information content (AvgIpc) is 2.46. The maximum atomic E-state index is 12.5. The molecule has 2 rings (SSSR count). The van der Waals surface area contributed by atoms with Crippen LogP contribution >= 0.6 is 0 Å². The number of hydrogen-bond acceptors (Lipinski definition) is 2. The number of nitrogens with zero attached hydrogens (tertiary/aromatic N) is 1. The maximum Gasteiger partial charge on any atom is 0.222 e. The van der Waals surface area contributed by atoms with E-state index in [2.05, 4.69) is 11.8 Å². The molecule has 0 aromatic carbocycles. The third-order valence-corrected chi connectivity index (χ3v) is 5.16. The molecule has 3 nitrogen and oxygen atoms in total. The third-order valence-electron chi connectivity index (χ3n) is 5.16. The van der Waals surface area contributed by atoms with Crippen LogP contribution in [0.3, 0.4) is 0 Å². The number of carbonyl (C=O) groups excluding carboxylic acids is 1. The Morgan fingerprint density at radius 2 is 2.00 bits per heavy atom. The number of amides is 1. The zero-order chi connectivity index (χ0) is 14.4. The summed E-state index contributed by atoms with van der Waals surface area (Å²) in [4.78, 5) is 14.7. The van der Waals surface area contributed by atoms with E-state index < -0.39 is 0 Å². The molecule has 2 aliphatic rings. The minimum absolute atomic E-state index is 0.381. The number of likely N-dealkylation sites (tertiary alicyclic amines) is 1. The van der Waals surface area contributed by atoms with Crippen LogP contribution in [0.25, 0.3) is 0 Å². The van der Waals surface area contributed by atoms with Crippen LogP contribution in [0, 0.1) is 5.92 Å². The van der Waals surface area contributed by atoms with Crippen LogP contribution in [0.4, 0.5) is 0 Å². The molecule has 0 radical (unpaired) electrons. The summed E-state index contributed by atoms with van der Waals surface area (Å²) < 4.78 is 0. The lowest BCUT2D eigenvalue weighted by Gasteiger charge is -2.36. The van der Waals surface area contributed by atoms with E-state index in [0.717, 1.165) is 25.8 Å². The maximum absolute atomic E-state index is 12.5. The lowest BCUT2D eigenvalue weighted by Crippen LogP contribution is -2.43. The molecule has 2 fully saturated rings. The Morgan fingerprint density at radius 3 is 2.75 bits per heavy atom. The molecule has 3 unspecified atom stereocenters. The molecule has 0 aromatic rings. The summed E-state index contributed by atoms with van der Waals surface area (Å²) >= 11 is 0. The van der Waals surface area contributed by atoms with Gasteiger partial charge in [0.15, 0.2) is 0 Å². The minimum atomic E-state index is 0.381. The normalized spacial score (nSPS) is 31.3. The van der Waals surface area contributed by atoms with Gasteiger partial charge in [0.2, 0.25) is 5.91 Å². The second-order valence-electron chi connectivity index (χ2n) is 6.86. The summed E-state index contributed by atoms with van der Waals surface area (Å²) in [5.74, 6) is 1.10. The van der Waals surface area contributed by atoms with Gasteiger partial charge in [-0.25, -0.2) is 0 Å². The summed E-state index contributed by atoms with van der Waals surface area (Å²) in [6.45, 7) is 3.22. The lowest BCUT2D eigenvalue weighted by molar-refractivity contribution is -0.135. The first-order valence-electron chi connectivity index (χ1n) is 8.75. The molecule has 2 N–H and O–H groups in total. The zero-order valence-corrected chi connectivity index (χ0v) is 13.2. The van der Waals surface area contributed by atoms with Crippen LogP contribution in [0.1, 0.15) is 77.6 Å². The van der Waals surface area contributed by atoms with Crippen LogP contribution in [-0.2, 0) is 4.79 Å². The van der Waals surface area contributed by atoms with E-state index >= 15 is 0 Å². The fourth-order valence-corrected chi connectivity index (χ4v) is 4.03. The van der Waals surface area contributed by atoms with E-state index in [4.69, 9.17) is 5.73 Å². The average molecular weight is 280 g/mol. The molecule has 116 valence electrons. The molecule has 0 bridgehead atoms. The number of rotatable bonds is 5. The van der Waals surface area contributed by atoms with Gasteiger partial charge in [0.1, 0.15) is 0 Å². The Kier molecular flexibility index (Phi) is 6.34. The highest BCUT2D eigenvalue weighted by Gasteiger charge is 2.27. The SMILES string of the molecule is CCCC1CCCCN1C(=O)CCC1CCCC(N)C1. The highest BCUT2D eigenvalue weighted by Crippen LogP contribution is 2.28. The third kappa shape index (κ3) is 4.47. The van der Waals surface area contributed by atoms with Gasteiger partial charge in [-0.15, -0.1) is 0 Å². The molecule has 20 heavy (non-hydrogen) atoms.